The molecule has 0 unspecified atom stereocenters. The molecule has 1 aromatic rings. The lowest BCUT2D eigenvalue weighted by atomic mass is 9.84. The zero-order chi connectivity index (χ0) is 19.9. The highest BCUT2D eigenvalue weighted by molar-refractivity contribution is 14.1. The van der Waals surface area contributed by atoms with E-state index < -0.39 is 0 Å². The first-order valence-corrected chi connectivity index (χ1v) is 12.6. The van der Waals surface area contributed by atoms with Gasteiger partial charge in [-0.3, -0.25) is 0 Å². The lowest BCUT2D eigenvalue weighted by Crippen LogP contribution is -2.08. The van der Waals surface area contributed by atoms with Gasteiger partial charge in [-0.05, 0) is 87.3 Å². The third-order valence-corrected chi connectivity index (χ3v) is 8.51. The second-order valence-corrected chi connectivity index (χ2v) is 12.3. The van der Waals surface area contributed by atoms with Crippen molar-refractivity contribution in [1.29, 1.82) is 0 Å². The summed E-state index contributed by atoms with van der Waals surface area (Å²) in [5, 5.41) is 0. The van der Waals surface area contributed by atoms with E-state index in [4.69, 9.17) is 0 Å². The molecule has 0 aromatic heterocycles. The van der Waals surface area contributed by atoms with Crippen LogP contribution < -0.4 is 0 Å². The van der Waals surface area contributed by atoms with E-state index in [0.29, 0.717) is 8.84 Å². The second-order valence-electron chi connectivity index (χ2n) is 10.00. The molecule has 0 heterocycles. The number of alkyl halides is 1. The molecule has 2 rings (SSSR count). The molecule has 0 spiro atoms. The van der Waals surface area contributed by atoms with Gasteiger partial charge in [-0.1, -0.05) is 93.2 Å². The molecule has 1 aliphatic carbocycles. The van der Waals surface area contributed by atoms with Gasteiger partial charge in [-0.15, -0.1) is 0 Å². The molecule has 0 nitrogen and oxygen atoms in total. The molecule has 0 atom stereocenters. The predicted molar refractivity (Wildman–Crippen MR) is 130 cm³/mol. The van der Waals surface area contributed by atoms with Gasteiger partial charge in [-0.25, -0.2) is 0 Å². The Bertz CT molecular complexity index is 580. The molecule has 0 amide bonds. The van der Waals surface area contributed by atoms with Gasteiger partial charge in [0.25, 0.3) is 0 Å². The van der Waals surface area contributed by atoms with E-state index >= 15 is 0 Å². The van der Waals surface area contributed by atoms with Crippen molar-refractivity contribution in [2.75, 3.05) is 0 Å². The topological polar surface area (TPSA) is 0 Å². The van der Waals surface area contributed by atoms with Crippen LogP contribution in [0.5, 0.6) is 0 Å². The molecule has 0 N–H and O–H groups in total. The average molecular weight is 483 g/mol. The summed E-state index contributed by atoms with van der Waals surface area (Å²) in [5.41, 5.74) is 6.81. The van der Waals surface area contributed by atoms with E-state index in [1.54, 1.807) is 16.7 Å². The lowest BCUT2D eigenvalue weighted by Gasteiger charge is -2.22. The molecular weight excluding hydrogens is 439 g/mol. The normalized spacial score (nSPS) is 15.9. The first-order chi connectivity index (χ1) is 12.7. The highest BCUT2D eigenvalue weighted by Crippen LogP contribution is 2.49. The van der Waals surface area contributed by atoms with Crippen LogP contribution in [0.1, 0.15) is 114 Å². The van der Waals surface area contributed by atoms with Crippen LogP contribution in [0, 0.1) is 19.3 Å². The van der Waals surface area contributed by atoms with Crippen LogP contribution in [0.4, 0.5) is 0 Å². The summed E-state index contributed by atoms with van der Waals surface area (Å²) < 4.78 is 0.705. The third-order valence-electron chi connectivity index (χ3n) is 6.89. The summed E-state index contributed by atoms with van der Waals surface area (Å²) in [6.07, 6.45) is 17.9. The Hall–Kier alpha value is -0.0500. The van der Waals surface area contributed by atoms with Crippen LogP contribution in [0.15, 0.2) is 12.1 Å². The Morgan fingerprint density at radius 2 is 1.44 bits per heavy atom. The maximum atomic E-state index is 2.69. The SMILES string of the molecule is CCC(C)(C)CCCCCc1cc(C)cc(CCCCCC2(I)CC2)c1C. The molecule has 0 bridgehead atoms. The van der Waals surface area contributed by atoms with E-state index in [2.05, 4.69) is 69.3 Å². The number of unbranched alkanes of at least 4 members (excludes halogenated alkanes) is 4. The van der Waals surface area contributed by atoms with Gasteiger partial charge in [0.05, 0.1) is 0 Å². The zero-order valence-electron chi connectivity index (χ0n) is 18.7. The smallest absolute Gasteiger partial charge is 0.0223 e. The maximum absolute atomic E-state index is 2.69. The van der Waals surface area contributed by atoms with Gasteiger partial charge >= 0.3 is 0 Å². The lowest BCUT2D eigenvalue weighted by molar-refractivity contribution is 0.308. The summed E-state index contributed by atoms with van der Waals surface area (Å²) in [5.74, 6) is 0. The van der Waals surface area contributed by atoms with Gasteiger partial charge in [0.2, 0.25) is 0 Å². The Kier molecular flexibility index (Phi) is 9.16. The molecule has 1 aromatic carbocycles. The summed E-state index contributed by atoms with van der Waals surface area (Å²) in [6, 6.07) is 4.89. The number of rotatable bonds is 13. The fourth-order valence-electron chi connectivity index (χ4n) is 4.13. The van der Waals surface area contributed by atoms with Crippen molar-refractivity contribution in [3.05, 3.63) is 34.4 Å². The minimum Gasteiger partial charge on any atom is -0.0789 e. The summed E-state index contributed by atoms with van der Waals surface area (Å²) >= 11 is 2.69. The van der Waals surface area contributed by atoms with E-state index in [-0.39, 0.29) is 0 Å². The summed E-state index contributed by atoms with van der Waals surface area (Å²) in [4.78, 5) is 0. The first-order valence-electron chi connectivity index (χ1n) is 11.5. The number of hydrogen-bond acceptors (Lipinski definition) is 0. The van der Waals surface area contributed by atoms with Crippen molar-refractivity contribution in [3.8, 4) is 0 Å². The summed E-state index contributed by atoms with van der Waals surface area (Å²) in [6.45, 7) is 11.8. The Morgan fingerprint density at radius 1 is 0.889 bits per heavy atom. The number of aryl methyl sites for hydroxylation is 3. The number of hydrogen-bond donors (Lipinski definition) is 0. The molecule has 27 heavy (non-hydrogen) atoms. The molecule has 0 saturated heterocycles. The highest BCUT2D eigenvalue weighted by Gasteiger charge is 2.38. The van der Waals surface area contributed by atoms with Crippen molar-refractivity contribution in [3.63, 3.8) is 0 Å². The minimum absolute atomic E-state index is 0.531. The van der Waals surface area contributed by atoms with E-state index in [9.17, 15) is 0 Å². The number of benzene rings is 1. The van der Waals surface area contributed by atoms with Crippen LogP contribution in [0.3, 0.4) is 0 Å². The molecule has 154 valence electrons. The molecule has 0 aliphatic heterocycles. The maximum Gasteiger partial charge on any atom is 0.0223 e. The van der Waals surface area contributed by atoms with Gasteiger partial charge < -0.3 is 0 Å². The molecule has 0 radical (unpaired) electrons. The fraction of sp³-hybridized carbons (Fsp3) is 0.769. The van der Waals surface area contributed by atoms with Gasteiger partial charge in [0, 0.05) is 3.42 Å². The van der Waals surface area contributed by atoms with Crippen LogP contribution in [0.2, 0.25) is 0 Å². The third kappa shape index (κ3) is 8.46. The molecular formula is C26H43I. The summed E-state index contributed by atoms with van der Waals surface area (Å²) in [7, 11) is 0. The first kappa shape index (κ1) is 23.2. The molecule has 1 fully saturated rings. The van der Waals surface area contributed by atoms with E-state index in [1.165, 1.54) is 89.0 Å². The minimum atomic E-state index is 0.531. The van der Waals surface area contributed by atoms with Crippen molar-refractivity contribution < 1.29 is 0 Å². The fourth-order valence-corrected chi connectivity index (χ4v) is 4.78. The van der Waals surface area contributed by atoms with Crippen LogP contribution >= 0.6 is 22.6 Å². The average Bonchev–Trinajstić information content (AvgIpc) is 3.35. The van der Waals surface area contributed by atoms with Crippen molar-refractivity contribution in [2.45, 2.75) is 122 Å². The van der Waals surface area contributed by atoms with Crippen LogP contribution in [0.25, 0.3) is 0 Å². The predicted octanol–water partition coefficient (Wildman–Crippen LogP) is 8.91. The molecule has 1 aliphatic rings. The van der Waals surface area contributed by atoms with Crippen molar-refractivity contribution in [1.82, 2.24) is 0 Å². The van der Waals surface area contributed by atoms with Crippen LogP contribution in [-0.2, 0) is 12.8 Å². The van der Waals surface area contributed by atoms with E-state index in [0.717, 1.165) is 0 Å². The molecule has 1 heteroatoms. The van der Waals surface area contributed by atoms with Crippen molar-refractivity contribution in [2.24, 2.45) is 5.41 Å². The Morgan fingerprint density at radius 3 is 1.96 bits per heavy atom. The van der Waals surface area contributed by atoms with Gasteiger partial charge in [-0.2, -0.15) is 0 Å². The van der Waals surface area contributed by atoms with Crippen molar-refractivity contribution >= 4 is 22.6 Å². The number of halogens is 1. The Labute approximate surface area is 183 Å². The highest BCUT2D eigenvalue weighted by atomic mass is 127. The second kappa shape index (κ2) is 10.6. The largest absolute Gasteiger partial charge is 0.0789 e. The Balaban J connectivity index is 1.74. The zero-order valence-corrected chi connectivity index (χ0v) is 20.9. The monoisotopic (exact) mass is 482 g/mol. The van der Waals surface area contributed by atoms with E-state index in [1.807, 2.05) is 0 Å². The standard InChI is InChI=1S/C26H43I/c1-6-25(4,5)15-11-7-9-13-23-19-21(2)20-24(22(23)3)14-10-8-12-16-26(27)17-18-26/h19-20H,6-18H2,1-5H3. The molecule has 1 saturated carbocycles. The van der Waals surface area contributed by atoms with Gasteiger partial charge in [0.15, 0.2) is 0 Å². The quantitative estimate of drug-likeness (QED) is 0.150. The van der Waals surface area contributed by atoms with Crippen LogP contribution in [-0.4, -0.2) is 3.42 Å². The van der Waals surface area contributed by atoms with Gasteiger partial charge in [0.1, 0.15) is 0 Å².